The van der Waals surface area contributed by atoms with Crippen molar-refractivity contribution in [1.29, 1.82) is 0 Å². The fourth-order valence-corrected chi connectivity index (χ4v) is 5.39. The monoisotopic (exact) mass is 561 g/mol. The second kappa shape index (κ2) is 14.1. The maximum atomic E-state index is 15.3. The number of allylic oxidation sites excluding steroid dienone is 2. The number of hydrogen-bond acceptors (Lipinski definition) is 7. The third-order valence-corrected chi connectivity index (χ3v) is 8.51. The van der Waals surface area contributed by atoms with E-state index in [2.05, 4.69) is 40.8 Å². The van der Waals surface area contributed by atoms with Crippen molar-refractivity contribution in [3.8, 4) is 5.75 Å². The first-order valence-corrected chi connectivity index (χ1v) is 15.2. The molecule has 208 valence electrons. The van der Waals surface area contributed by atoms with Crippen molar-refractivity contribution >= 4 is 39.3 Å². The number of halogens is 1. The molecule has 1 aliphatic rings. The molecule has 3 N–H and O–H groups in total. The number of thioether (sulfide) groups is 1. The minimum atomic E-state index is -1.39. The lowest BCUT2D eigenvalue weighted by Gasteiger charge is -2.24. The Labute approximate surface area is 233 Å². The molecule has 2 aromatic rings. The Balaban J connectivity index is 2.01. The lowest BCUT2D eigenvalue weighted by molar-refractivity contribution is 0.353. The molecule has 3 rings (SSSR count). The number of piperidine rings is 1. The van der Waals surface area contributed by atoms with Crippen molar-refractivity contribution in [2.24, 2.45) is 5.92 Å². The maximum Gasteiger partial charge on any atom is 0.223 e. The number of anilines is 2. The van der Waals surface area contributed by atoms with Gasteiger partial charge in [-0.15, -0.1) is 0 Å². The van der Waals surface area contributed by atoms with Gasteiger partial charge in [0.05, 0.1) is 16.3 Å². The first-order chi connectivity index (χ1) is 18.1. The summed E-state index contributed by atoms with van der Waals surface area (Å²) < 4.78 is 36.8. The molecule has 1 aromatic heterocycles. The quantitative estimate of drug-likeness (QED) is 0.251. The second-order valence-corrected chi connectivity index (χ2v) is 12.9. The fraction of sp³-hybridized carbons (Fsp3) is 0.500. The average Bonchev–Trinajstić information content (AvgIpc) is 2.90. The molecule has 0 radical (unpaired) electrons. The van der Waals surface area contributed by atoms with Crippen LogP contribution in [0.5, 0.6) is 5.75 Å². The van der Waals surface area contributed by atoms with Gasteiger partial charge in [0.15, 0.2) is 5.82 Å². The van der Waals surface area contributed by atoms with Crippen LogP contribution in [0.15, 0.2) is 41.6 Å². The van der Waals surface area contributed by atoms with Gasteiger partial charge in [-0.05, 0) is 76.6 Å². The first kappa shape index (κ1) is 30.1. The first-order valence-electron chi connectivity index (χ1n) is 13.1. The van der Waals surface area contributed by atoms with Crippen molar-refractivity contribution in [3.63, 3.8) is 0 Å². The molecule has 7 nitrogen and oxygen atoms in total. The molecule has 0 bridgehead atoms. The van der Waals surface area contributed by atoms with Gasteiger partial charge in [-0.3, -0.25) is 0 Å². The number of aromatic nitrogens is 2. The van der Waals surface area contributed by atoms with Gasteiger partial charge in [0, 0.05) is 35.5 Å². The SMILES string of the molecule is C=C(C)S/C(=C(/Oc1ccc(NS(=O)C(C)C)c(F)c1C)C(C)CC)c1ccnc(NC2CCCNC2)n1. The van der Waals surface area contributed by atoms with Gasteiger partial charge >= 0.3 is 0 Å². The molecule has 0 saturated carbocycles. The van der Waals surface area contributed by atoms with Crippen molar-refractivity contribution < 1.29 is 13.3 Å². The third kappa shape index (κ3) is 8.04. The Morgan fingerprint density at radius 2 is 2.11 bits per heavy atom. The zero-order chi connectivity index (χ0) is 27.8. The van der Waals surface area contributed by atoms with Gasteiger partial charge in [-0.25, -0.2) is 18.6 Å². The van der Waals surface area contributed by atoms with Crippen LogP contribution in [-0.2, 0) is 11.0 Å². The predicted molar refractivity (Wildman–Crippen MR) is 159 cm³/mol. The number of nitrogens with zero attached hydrogens (tertiary/aromatic N) is 2. The van der Waals surface area contributed by atoms with E-state index in [1.54, 1.807) is 25.3 Å². The largest absolute Gasteiger partial charge is 0.460 e. The van der Waals surface area contributed by atoms with Crippen LogP contribution >= 0.6 is 11.8 Å². The summed E-state index contributed by atoms with van der Waals surface area (Å²) in [6, 6.07) is 5.42. The van der Waals surface area contributed by atoms with Gasteiger partial charge in [0.25, 0.3) is 0 Å². The van der Waals surface area contributed by atoms with Gasteiger partial charge in [-0.1, -0.05) is 32.2 Å². The normalized spacial score (nSPS) is 17.9. The summed E-state index contributed by atoms with van der Waals surface area (Å²) in [5, 5.41) is 6.70. The molecule has 2 heterocycles. The van der Waals surface area contributed by atoms with Gasteiger partial charge in [0.2, 0.25) is 5.95 Å². The van der Waals surface area contributed by atoms with Crippen LogP contribution in [0, 0.1) is 18.7 Å². The molecule has 1 saturated heterocycles. The van der Waals surface area contributed by atoms with Crippen molar-refractivity contribution in [3.05, 3.63) is 58.7 Å². The van der Waals surface area contributed by atoms with Crippen LogP contribution < -0.4 is 20.1 Å². The van der Waals surface area contributed by atoms with E-state index >= 15 is 4.39 Å². The van der Waals surface area contributed by atoms with E-state index < -0.39 is 16.8 Å². The Hall–Kier alpha value is -2.43. The highest BCUT2D eigenvalue weighted by atomic mass is 32.2. The Bertz CT molecular complexity index is 1180. The number of ether oxygens (including phenoxy) is 1. The lowest BCUT2D eigenvalue weighted by atomic mass is 10.1. The van der Waals surface area contributed by atoms with E-state index in [0.29, 0.717) is 23.0 Å². The molecule has 1 fully saturated rings. The van der Waals surface area contributed by atoms with E-state index in [4.69, 9.17) is 9.72 Å². The number of rotatable bonds is 12. The minimum absolute atomic E-state index is 0.0273. The fourth-order valence-electron chi connectivity index (χ4n) is 3.87. The molecule has 1 aromatic carbocycles. The number of hydrogen-bond donors (Lipinski definition) is 3. The second-order valence-electron chi connectivity index (χ2n) is 9.86. The molecule has 10 heteroatoms. The molecular weight excluding hydrogens is 521 g/mol. The Morgan fingerprint density at radius 3 is 2.74 bits per heavy atom. The summed E-state index contributed by atoms with van der Waals surface area (Å²) in [5.41, 5.74) is 1.25. The van der Waals surface area contributed by atoms with Crippen LogP contribution in [-0.4, -0.2) is 38.6 Å². The van der Waals surface area contributed by atoms with Gasteiger partial charge in [-0.2, -0.15) is 0 Å². The topological polar surface area (TPSA) is 88.2 Å². The van der Waals surface area contributed by atoms with Crippen LogP contribution in [0.25, 0.3) is 4.91 Å². The summed E-state index contributed by atoms with van der Waals surface area (Å²) in [6.07, 6.45) is 4.73. The lowest BCUT2D eigenvalue weighted by Crippen LogP contribution is -2.38. The van der Waals surface area contributed by atoms with Crippen molar-refractivity contribution in [2.45, 2.75) is 72.1 Å². The van der Waals surface area contributed by atoms with Gasteiger partial charge in [0.1, 0.15) is 22.5 Å². The maximum absolute atomic E-state index is 15.3. The van der Waals surface area contributed by atoms with Crippen LogP contribution in [0.3, 0.4) is 0 Å². The number of nitrogens with one attached hydrogen (secondary N) is 3. The van der Waals surface area contributed by atoms with E-state index in [1.807, 2.05) is 26.8 Å². The number of benzene rings is 1. The Kier molecular flexibility index (Phi) is 11.2. The molecular formula is C28H40FN5O2S2. The molecule has 3 unspecified atom stereocenters. The summed E-state index contributed by atoms with van der Waals surface area (Å²) in [6.45, 7) is 17.4. The summed E-state index contributed by atoms with van der Waals surface area (Å²) in [5.74, 6) is 1.20. The predicted octanol–water partition coefficient (Wildman–Crippen LogP) is 6.63. The molecule has 0 aliphatic carbocycles. The standard InChI is InChI=1S/C28H40FN5O2S2/c1-8-19(6)26(36-24-12-11-22(25(29)20(24)7)34-38(35)18(4)5)27(37-17(2)3)23-13-15-31-28(33-23)32-21-10-9-14-30-16-21/h11-13,15,18-19,21,30,34H,2,8-10,14,16H2,1,3-7H3,(H,31,32,33)/b27-26+. The van der Waals surface area contributed by atoms with Crippen LogP contribution in [0.1, 0.15) is 65.1 Å². The summed E-state index contributed by atoms with van der Waals surface area (Å²) in [4.78, 5) is 11.0. The molecule has 0 spiro atoms. The Morgan fingerprint density at radius 1 is 1.34 bits per heavy atom. The zero-order valence-electron chi connectivity index (χ0n) is 23.2. The van der Waals surface area contributed by atoms with Gasteiger partial charge < -0.3 is 20.1 Å². The van der Waals surface area contributed by atoms with Crippen molar-refractivity contribution in [2.75, 3.05) is 23.1 Å². The molecule has 3 atom stereocenters. The third-order valence-electron chi connectivity index (χ3n) is 6.27. The molecule has 38 heavy (non-hydrogen) atoms. The molecule has 0 amide bonds. The highest BCUT2D eigenvalue weighted by molar-refractivity contribution is 8.11. The van der Waals surface area contributed by atoms with Crippen molar-refractivity contribution in [1.82, 2.24) is 15.3 Å². The highest BCUT2D eigenvalue weighted by Gasteiger charge is 2.23. The van der Waals surface area contributed by atoms with Crippen LogP contribution in [0.4, 0.5) is 16.0 Å². The van der Waals surface area contributed by atoms with Crippen LogP contribution in [0.2, 0.25) is 0 Å². The van der Waals surface area contributed by atoms with E-state index in [0.717, 1.165) is 47.9 Å². The minimum Gasteiger partial charge on any atom is -0.460 e. The highest BCUT2D eigenvalue weighted by Crippen LogP contribution is 2.40. The smallest absolute Gasteiger partial charge is 0.223 e. The molecule has 1 aliphatic heterocycles. The van der Waals surface area contributed by atoms with E-state index in [1.165, 1.54) is 11.8 Å². The van der Waals surface area contributed by atoms with E-state index in [-0.39, 0.29) is 22.9 Å². The summed E-state index contributed by atoms with van der Waals surface area (Å²) in [7, 11) is -1.39. The van der Waals surface area contributed by atoms with E-state index in [9.17, 15) is 4.21 Å². The zero-order valence-corrected chi connectivity index (χ0v) is 24.8. The average molecular weight is 562 g/mol. The summed E-state index contributed by atoms with van der Waals surface area (Å²) >= 11 is 1.49.